The van der Waals surface area contributed by atoms with Crippen LogP contribution in [0.15, 0.2) is 193 Å². The molecule has 7 aromatic rings. The van der Waals surface area contributed by atoms with Crippen LogP contribution < -0.4 is 4.90 Å². The van der Waals surface area contributed by atoms with E-state index in [1.807, 2.05) is 50.3 Å². The van der Waals surface area contributed by atoms with Crippen molar-refractivity contribution in [3.05, 3.63) is 243 Å². The van der Waals surface area contributed by atoms with Gasteiger partial charge in [-0.05, 0) is 124 Å². The minimum atomic E-state index is 0.683. The number of rotatable bonds is 12. The van der Waals surface area contributed by atoms with Gasteiger partial charge in [0.25, 0.3) is 0 Å². The second kappa shape index (κ2) is 19.2. The molecule has 282 valence electrons. The molecule has 3 nitrogen and oxygen atoms in total. The maximum Gasteiger partial charge on any atom is 0.0944 e. The smallest absolute Gasteiger partial charge is 0.0944 e. The Bertz CT molecular complexity index is 2550. The van der Waals surface area contributed by atoms with Crippen LogP contribution in [-0.4, -0.2) is 0 Å². The van der Waals surface area contributed by atoms with E-state index in [1.165, 1.54) is 16.7 Å². The molecule has 0 spiro atoms. The number of benzene rings is 7. The van der Waals surface area contributed by atoms with Crippen molar-refractivity contribution in [1.29, 1.82) is 10.5 Å². The molecule has 0 aliphatic carbocycles. The molecule has 0 bridgehead atoms. The van der Waals surface area contributed by atoms with Gasteiger partial charge in [-0.1, -0.05) is 170 Å². The van der Waals surface area contributed by atoms with Gasteiger partial charge >= 0.3 is 0 Å². The Labute approximate surface area is 348 Å². The standard InChI is InChI=1S/C56H43N3/c1-42(40-57)37-48-21-17-44(18-22-48)13-15-46-25-31-53(32-26-46)59(54-33-27-47(28-34-54)16-14-45-19-23-49(24-20-45)38-43(2)41-58)55-35-29-50(30-36-55)39-56(51-9-5-3-6-10-51)52-11-7-4-8-12-52/h3-39H,1-2H3/b15-13+,16-14+,42-37-,43-38-. The van der Waals surface area contributed by atoms with Gasteiger partial charge in [-0.25, -0.2) is 0 Å². The zero-order valence-electron chi connectivity index (χ0n) is 33.2. The van der Waals surface area contributed by atoms with Crippen molar-refractivity contribution >= 4 is 65.2 Å². The molecule has 0 heterocycles. The molecule has 0 unspecified atom stereocenters. The molecule has 0 N–H and O–H groups in total. The average molecular weight is 758 g/mol. The summed E-state index contributed by atoms with van der Waals surface area (Å²) in [4.78, 5) is 2.29. The number of allylic oxidation sites excluding steroid dienone is 2. The summed E-state index contributed by atoms with van der Waals surface area (Å²) in [6.45, 7) is 3.63. The number of nitriles is 2. The van der Waals surface area contributed by atoms with Gasteiger partial charge in [0, 0.05) is 28.2 Å². The van der Waals surface area contributed by atoms with Crippen LogP contribution in [0.4, 0.5) is 17.1 Å². The summed E-state index contributed by atoms with van der Waals surface area (Å²) < 4.78 is 0. The normalized spacial score (nSPS) is 11.6. The van der Waals surface area contributed by atoms with Gasteiger partial charge in [0.15, 0.2) is 0 Å². The summed E-state index contributed by atoms with van der Waals surface area (Å²) in [5, 5.41) is 18.2. The largest absolute Gasteiger partial charge is 0.311 e. The summed E-state index contributed by atoms with van der Waals surface area (Å²) in [5.41, 5.74) is 15.5. The number of hydrogen-bond donors (Lipinski definition) is 0. The molecule has 7 aromatic carbocycles. The fraction of sp³-hybridized carbons (Fsp3) is 0.0357. The first-order valence-electron chi connectivity index (χ1n) is 19.6. The molecule has 0 amide bonds. The zero-order chi connectivity index (χ0) is 40.8. The molecule has 0 saturated carbocycles. The van der Waals surface area contributed by atoms with Gasteiger partial charge in [-0.3, -0.25) is 0 Å². The first kappa shape index (κ1) is 39.3. The quantitative estimate of drug-likeness (QED) is 0.0921. The van der Waals surface area contributed by atoms with E-state index < -0.39 is 0 Å². The van der Waals surface area contributed by atoms with Crippen molar-refractivity contribution in [2.24, 2.45) is 0 Å². The molecule has 7 rings (SSSR count). The van der Waals surface area contributed by atoms with Crippen molar-refractivity contribution < 1.29 is 0 Å². The zero-order valence-corrected chi connectivity index (χ0v) is 33.2. The van der Waals surface area contributed by atoms with Crippen molar-refractivity contribution in [1.82, 2.24) is 0 Å². The monoisotopic (exact) mass is 757 g/mol. The Kier molecular flexibility index (Phi) is 12.8. The first-order chi connectivity index (χ1) is 28.9. The third-order valence-electron chi connectivity index (χ3n) is 9.86. The van der Waals surface area contributed by atoms with Crippen molar-refractivity contribution in [3.8, 4) is 12.1 Å². The van der Waals surface area contributed by atoms with Crippen molar-refractivity contribution in [3.63, 3.8) is 0 Å². The van der Waals surface area contributed by atoms with E-state index in [1.54, 1.807) is 0 Å². The topological polar surface area (TPSA) is 50.8 Å². The molecule has 0 radical (unpaired) electrons. The van der Waals surface area contributed by atoms with Gasteiger partial charge < -0.3 is 4.90 Å². The molecule has 0 atom stereocenters. The lowest BCUT2D eigenvalue weighted by Crippen LogP contribution is -2.09. The van der Waals surface area contributed by atoms with Crippen LogP contribution in [0.3, 0.4) is 0 Å². The van der Waals surface area contributed by atoms with Crippen molar-refractivity contribution in [2.75, 3.05) is 4.90 Å². The molecule has 0 fully saturated rings. The Balaban J connectivity index is 1.17. The average Bonchev–Trinajstić information content (AvgIpc) is 3.29. The summed E-state index contributed by atoms with van der Waals surface area (Å²) in [5.74, 6) is 0. The molecule has 0 aromatic heterocycles. The van der Waals surface area contributed by atoms with E-state index in [4.69, 9.17) is 10.5 Å². The summed E-state index contributed by atoms with van der Waals surface area (Å²) in [7, 11) is 0. The molecular formula is C56H43N3. The fourth-order valence-electron chi connectivity index (χ4n) is 6.73. The van der Waals surface area contributed by atoms with Gasteiger partial charge in [0.2, 0.25) is 0 Å². The van der Waals surface area contributed by atoms with Crippen LogP contribution in [0.1, 0.15) is 63.9 Å². The van der Waals surface area contributed by atoms with E-state index in [-0.39, 0.29) is 0 Å². The van der Waals surface area contributed by atoms with Crippen LogP contribution in [-0.2, 0) is 0 Å². The van der Waals surface area contributed by atoms with Gasteiger partial charge in [-0.2, -0.15) is 10.5 Å². The minimum absolute atomic E-state index is 0.683. The SMILES string of the molecule is C/C(C#N)=C/c1ccc(/C=C/c2ccc(N(c3ccc(C=C(c4ccccc4)c4ccccc4)cc3)c3ccc(/C=C/c4ccc(/C=C(/C)C#N)cc4)cc3)cc2)cc1. The highest BCUT2D eigenvalue weighted by Gasteiger charge is 2.13. The first-order valence-corrected chi connectivity index (χ1v) is 19.6. The third-order valence-corrected chi connectivity index (χ3v) is 9.86. The van der Waals surface area contributed by atoms with E-state index in [2.05, 4.69) is 205 Å². The molecule has 0 aliphatic rings. The Morgan fingerprint density at radius 2 is 0.627 bits per heavy atom. The molecular weight excluding hydrogens is 715 g/mol. The molecule has 59 heavy (non-hydrogen) atoms. The minimum Gasteiger partial charge on any atom is -0.311 e. The van der Waals surface area contributed by atoms with E-state index in [0.29, 0.717) is 11.1 Å². The number of anilines is 3. The van der Waals surface area contributed by atoms with Gasteiger partial charge in [0.1, 0.15) is 0 Å². The van der Waals surface area contributed by atoms with Gasteiger partial charge in [-0.15, -0.1) is 0 Å². The second-order valence-electron chi connectivity index (χ2n) is 14.3. The molecule has 0 saturated heterocycles. The lowest BCUT2D eigenvalue weighted by molar-refractivity contribution is 1.28. The van der Waals surface area contributed by atoms with Crippen LogP contribution in [0, 0.1) is 22.7 Å². The predicted octanol–water partition coefficient (Wildman–Crippen LogP) is 14.9. The lowest BCUT2D eigenvalue weighted by Gasteiger charge is -2.26. The molecule has 0 aliphatic heterocycles. The second-order valence-corrected chi connectivity index (χ2v) is 14.3. The fourth-order valence-corrected chi connectivity index (χ4v) is 6.73. The highest BCUT2D eigenvalue weighted by atomic mass is 15.1. The maximum atomic E-state index is 9.11. The van der Waals surface area contributed by atoms with Crippen molar-refractivity contribution in [2.45, 2.75) is 13.8 Å². The van der Waals surface area contributed by atoms with E-state index >= 15 is 0 Å². The number of hydrogen-bond acceptors (Lipinski definition) is 3. The maximum absolute atomic E-state index is 9.11. The number of nitrogens with zero attached hydrogens (tertiary/aromatic N) is 3. The van der Waals surface area contributed by atoms with E-state index in [0.717, 1.165) is 56.0 Å². The third kappa shape index (κ3) is 10.7. The van der Waals surface area contributed by atoms with Crippen LogP contribution in [0.2, 0.25) is 0 Å². The predicted molar refractivity (Wildman–Crippen MR) is 250 cm³/mol. The Hall–Kier alpha value is -7.98. The highest BCUT2D eigenvalue weighted by Crippen LogP contribution is 2.36. The van der Waals surface area contributed by atoms with Crippen LogP contribution in [0.5, 0.6) is 0 Å². The molecule has 3 heteroatoms. The summed E-state index contributed by atoms with van der Waals surface area (Å²) in [6, 6.07) is 67.8. The van der Waals surface area contributed by atoms with Crippen LogP contribution >= 0.6 is 0 Å². The van der Waals surface area contributed by atoms with E-state index in [9.17, 15) is 0 Å². The van der Waals surface area contributed by atoms with Crippen LogP contribution in [0.25, 0.3) is 48.1 Å². The summed E-state index contributed by atoms with van der Waals surface area (Å²) in [6.07, 6.45) is 14.5. The Morgan fingerprint density at radius 1 is 0.356 bits per heavy atom. The summed E-state index contributed by atoms with van der Waals surface area (Å²) >= 11 is 0. The Morgan fingerprint density at radius 3 is 0.949 bits per heavy atom. The lowest BCUT2D eigenvalue weighted by atomic mass is 9.95. The highest BCUT2D eigenvalue weighted by molar-refractivity contribution is 5.92. The van der Waals surface area contributed by atoms with Gasteiger partial charge in [0.05, 0.1) is 12.1 Å².